The van der Waals surface area contributed by atoms with E-state index in [0.717, 1.165) is 5.69 Å². The van der Waals surface area contributed by atoms with Gasteiger partial charge in [-0.3, -0.25) is 0 Å². The number of nitrogens with one attached hydrogen (secondary N) is 1. The molecule has 6 nitrogen and oxygen atoms in total. The molecule has 1 aliphatic heterocycles. The van der Waals surface area contributed by atoms with Crippen molar-refractivity contribution in [2.75, 3.05) is 37.2 Å². The number of carbonyl (C=O) groups excluding carboxylic acids is 1. The lowest BCUT2D eigenvalue weighted by Gasteiger charge is -2.22. The molecule has 2 amide bonds. The molecule has 1 fully saturated rings. The van der Waals surface area contributed by atoms with E-state index in [1.54, 1.807) is 4.90 Å². The van der Waals surface area contributed by atoms with Gasteiger partial charge in [0, 0.05) is 31.9 Å². The standard InChI is InChI=1S/C15H23N3O3S/c1-2-13-22(20,21)18-10-6-9-17(11-12-18)15(19)16-14-7-4-3-5-8-14/h3-5,7-8H,2,6,9-13H2,1H3,(H,16,19). The average Bonchev–Trinajstić information content (AvgIpc) is 2.74. The van der Waals surface area contributed by atoms with Crippen molar-refractivity contribution >= 4 is 21.7 Å². The zero-order valence-corrected chi connectivity index (χ0v) is 13.7. The fourth-order valence-corrected chi connectivity index (χ4v) is 4.03. The number of nitrogens with zero attached hydrogens (tertiary/aromatic N) is 2. The Morgan fingerprint density at radius 2 is 1.86 bits per heavy atom. The number of sulfonamides is 1. The fourth-order valence-electron chi connectivity index (χ4n) is 2.49. The predicted molar refractivity (Wildman–Crippen MR) is 87.3 cm³/mol. The van der Waals surface area contributed by atoms with Crippen LogP contribution >= 0.6 is 0 Å². The number of rotatable bonds is 4. The minimum absolute atomic E-state index is 0.170. The Bertz CT molecular complexity index is 589. The van der Waals surface area contributed by atoms with Gasteiger partial charge in [-0.05, 0) is 25.0 Å². The lowest BCUT2D eigenvalue weighted by molar-refractivity contribution is 0.214. The minimum Gasteiger partial charge on any atom is -0.323 e. The first-order chi connectivity index (χ1) is 10.5. The molecule has 1 N–H and O–H groups in total. The van der Waals surface area contributed by atoms with Crippen molar-refractivity contribution in [3.8, 4) is 0 Å². The van der Waals surface area contributed by atoms with Crippen LogP contribution in [0.2, 0.25) is 0 Å². The van der Waals surface area contributed by atoms with Crippen molar-refractivity contribution < 1.29 is 13.2 Å². The number of benzene rings is 1. The first-order valence-electron chi connectivity index (χ1n) is 7.62. The number of carbonyl (C=O) groups is 1. The highest BCUT2D eigenvalue weighted by atomic mass is 32.2. The van der Waals surface area contributed by atoms with Crippen molar-refractivity contribution in [3.05, 3.63) is 30.3 Å². The Morgan fingerprint density at radius 3 is 2.55 bits per heavy atom. The van der Waals surface area contributed by atoms with E-state index in [0.29, 0.717) is 39.0 Å². The first-order valence-corrected chi connectivity index (χ1v) is 9.22. The summed E-state index contributed by atoms with van der Waals surface area (Å²) in [5.74, 6) is 0.170. The van der Waals surface area contributed by atoms with Gasteiger partial charge in [0.2, 0.25) is 10.0 Å². The van der Waals surface area contributed by atoms with Crippen LogP contribution in [0.25, 0.3) is 0 Å². The predicted octanol–water partition coefficient (Wildman–Crippen LogP) is 1.97. The van der Waals surface area contributed by atoms with E-state index in [1.165, 1.54) is 4.31 Å². The molecule has 1 aliphatic rings. The number of anilines is 1. The monoisotopic (exact) mass is 325 g/mol. The van der Waals surface area contributed by atoms with Gasteiger partial charge in [-0.1, -0.05) is 25.1 Å². The third-order valence-electron chi connectivity index (χ3n) is 3.62. The normalized spacial score (nSPS) is 17.0. The van der Waals surface area contributed by atoms with Crippen molar-refractivity contribution in [1.29, 1.82) is 0 Å². The van der Waals surface area contributed by atoms with Gasteiger partial charge < -0.3 is 10.2 Å². The molecule has 122 valence electrons. The number of hydrogen-bond donors (Lipinski definition) is 1. The van der Waals surface area contributed by atoms with Gasteiger partial charge in [-0.15, -0.1) is 0 Å². The van der Waals surface area contributed by atoms with E-state index in [9.17, 15) is 13.2 Å². The second kappa shape index (κ2) is 7.60. The van der Waals surface area contributed by atoms with Crippen LogP contribution in [0.5, 0.6) is 0 Å². The van der Waals surface area contributed by atoms with Crippen LogP contribution in [-0.4, -0.2) is 55.6 Å². The molecule has 0 aromatic heterocycles. The molecule has 22 heavy (non-hydrogen) atoms. The number of hydrogen-bond acceptors (Lipinski definition) is 3. The molecule has 1 aromatic carbocycles. The molecule has 0 aliphatic carbocycles. The van der Waals surface area contributed by atoms with Gasteiger partial charge in [-0.2, -0.15) is 0 Å². The molecule has 0 unspecified atom stereocenters. The van der Waals surface area contributed by atoms with Gasteiger partial charge in [-0.25, -0.2) is 17.5 Å². The molecule has 1 heterocycles. The molecular weight excluding hydrogens is 302 g/mol. The summed E-state index contributed by atoms with van der Waals surface area (Å²) in [6.07, 6.45) is 1.27. The second-order valence-electron chi connectivity index (χ2n) is 5.35. The zero-order chi connectivity index (χ0) is 16.0. The smallest absolute Gasteiger partial charge is 0.321 e. The van der Waals surface area contributed by atoms with Crippen LogP contribution < -0.4 is 5.32 Å². The van der Waals surface area contributed by atoms with Crippen LogP contribution in [-0.2, 0) is 10.0 Å². The maximum atomic E-state index is 12.2. The number of para-hydroxylation sites is 1. The Balaban J connectivity index is 1.94. The average molecular weight is 325 g/mol. The Kier molecular flexibility index (Phi) is 5.79. The first kappa shape index (κ1) is 16.8. The quantitative estimate of drug-likeness (QED) is 0.920. The van der Waals surface area contributed by atoms with E-state index in [1.807, 2.05) is 37.3 Å². The fraction of sp³-hybridized carbons (Fsp3) is 0.533. The summed E-state index contributed by atoms with van der Waals surface area (Å²) in [5.41, 5.74) is 0.743. The molecule has 2 rings (SSSR count). The molecule has 1 aromatic rings. The highest BCUT2D eigenvalue weighted by Gasteiger charge is 2.26. The second-order valence-corrected chi connectivity index (χ2v) is 7.44. The Labute approximate surface area is 132 Å². The summed E-state index contributed by atoms with van der Waals surface area (Å²) in [6, 6.07) is 9.08. The largest absolute Gasteiger partial charge is 0.323 e. The van der Waals surface area contributed by atoms with Gasteiger partial charge in [0.25, 0.3) is 0 Å². The lowest BCUT2D eigenvalue weighted by atomic mass is 10.3. The van der Waals surface area contributed by atoms with Gasteiger partial charge in [0.05, 0.1) is 5.75 Å². The van der Waals surface area contributed by atoms with Crippen molar-refractivity contribution in [2.45, 2.75) is 19.8 Å². The summed E-state index contributed by atoms with van der Waals surface area (Å²) in [4.78, 5) is 13.9. The van der Waals surface area contributed by atoms with E-state index in [2.05, 4.69) is 5.32 Å². The van der Waals surface area contributed by atoms with E-state index in [-0.39, 0.29) is 11.8 Å². The molecule has 1 saturated heterocycles. The van der Waals surface area contributed by atoms with Crippen LogP contribution in [0.4, 0.5) is 10.5 Å². The van der Waals surface area contributed by atoms with Crippen molar-refractivity contribution in [3.63, 3.8) is 0 Å². The van der Waals surface area contributed by atoms with Gasteiger partial charge in [0.1, 0.15) is 0 Å². The summed E-state index contributed by atoms with van der Waals surface area (Å²) in [5, 5.41) is 2.84. The topological polar surface area (TPSA) is 69.7 Å². The van der Waals surface area contributed by atoms with Gasteiger partial charge in [0.15, 0.2) is 0 Å². The molecule has 0 saturated carbocycles. The molecule has 7 heteroatoms. The summed E-state index contributed by atoms with van der Waals surface area (Å²) < 4.78 is 25.7. The third kappa shape index (κ3) is 4.45. The van der Waals surface area contributed by atoms with Crippen molar-refractivity contribution in [1.82, 2.24) is 9.21 Å². The molecule has 0 atom stereocenters. The lowest BCUT2D eigenvalue weighted by Crippen LogP contribution is -2.39. The van der Waals surface area contributed by atoms with Crippen molar-refractivity contribution in [2.24, 2.45) is 0 Å². The molecular formula is C15H23N3O3S. The van der Waals surface area contributed by atoms with Crippen LogP contribution in [0, 0.1) is 0 Å². The summed E-state index contributed by atoms with van der Waals surface area (Å²) >= 11 is 0. The van der Waals surface area contributed by atoms with E-state index < -0.39 is 10.0 Å². The molecule has 0 radical (unpaired) electrons. The number of urea groups is 1. The van der Waals surface area contributed by atoms with Crippen LogP contribution in [0.3, 0.4) is 0 Å². The van der Waals surface area contributed by atoms with Crippen LogP contribution in [0.1, 0.15) is 19.8 Å². The SMILES string of the molecule is CCCS(=O)(=O)N1CCCN(C(=O)Nc2ccccc2)CC1. The summed E-state index contributed by atoms with van der Waals surface area (Å²) in [6.45, 7) is 3.69. The zero-order valence-electron chi connectivity index (χ0n) is 12.9. The van der Waals surface area contributed by atoms with Gasteiger partial charge >= 0.3 is 6.03 Å². The Morgan fingerprint density at radius 1 is 1.14 bits per heavy atom. The van der Waals surface area contributed by atoms with E-state index in [4.69, 9.17) is 0 Å². The number of amides is 2. The maximum absolute atomic E-state index is 12.2. The molecule has 0 bridgehead atoms. The maximum Gasteiger partial charge on any atom is 0.321 e. The summed E-state index contributed by atoms with van der Waals surface area (Å²) in [7, 11) is -3.19. The van der Waals surface area contributed by atoms with Crippen LogP contribution in [0.15, 0.2) is 30.3 Å². The Hall–Kier alpha value is -1.60. The highest BCUT2D eigenvalue weighted by Crippen LogP contribution is 2.12. The third-order valence-corrected chi connectivity index (χ3v) is 5.70. The minimum atomic E-state index is -3.19. The molecule has 0 spiro atoms. The van der Waals surface area contributed by atoms with E-state index >= 15 is 0 Å². The highest BCUT2D eigenvalue weighted by molar-refractivity contribution is 7.89.